The Kier molecular flexibility index (Phi) is 3.39. The zero-order valence-corrected chi connectivity index (χ0v) is 11.9. The summed E-state index contributed by atoms with van der Waals surface area (Å²) in [4.78, 5) is 16.4. The SMILES string of the molecule is Cn1ncnc1CCNC(=O)c1nn(C)c2ccccc12. The number of rotatable bonds is 4. The number of carbonyl (C=O) groups excluding carboxylic acids is 1. The lowest BCUT2D eigenvalue weighted by Crippen LogP contribution is -2.27. The maximum atomic E-state index is 12.3. The van der Waals surface area contributed by atoms with Gasteiger partial charge < -0.3 is 5.32 Å². The van der Waals surface area contributed by atoms with E-state index in [1.807, 2.05) is 38.4 Å². The molecule has 2 heterocycles. The average Bonchev–Trinajstić information content (AvgIpc) is 3.04. The Bertz CT molecular complexity index is 788. The van der Waals surface area contributed by atoms with Crippen LogP contribution in [0.3, 0.4) is 0 Å². The number of aromatic nitrogens is 5. The van der Waals surface area contributed by atoms with Crippen LogP contribution in [0.25, 0.3) is 10.9 Å². The molecule has 0 saturated heterocycles. The molecule has 0 spiro atoms. The van der Waals surface area contributed by atoms with E-state index < -0.39 is 0 Å². The summed E-state index contributed by atoms with van der Waals surface area (Å²) in [6.07, 6.45) is 2.14. The van der Waals surface area contributed by atoms with Gasteiger partial charge in [0.25, 0.3) is 5.91 Å². The zero-order valence-electron chi connectivity index (χ0n) is 11.9. The molecule has 0 radical (unpaired) electrons. The van der Waals surface area contributed by atoms with Crippen LogP contribution in [0, 0.1) is 0 Å². The van der Waals surface area contributed by atoms with E-state index in [1.165, 1.54) is 6.33 Å². The molecule has 3 aromatic rings. The summed E-state index contributed by atoms with van der Waals surface area (Å²) in [6, 6.07) is 7.68. The van der Waals surface area contributed by atoms with Gasteiger partial charge in [-0.3, -0.25) is 14.2 Å². The molecule has 0 aliphatic rings. The predicted molar refractivity (Wildman–Crippen MR) is 77.8 cm³/mol. The number of nitrogens with one attached hydrogen (secondary N) is 1. The van der Waals surface area contributed by atoms with Gasteiger partial charge in [0, 0.05) is 32.4 Å². The van der Waals surface area contributed by atoms with E-state index in [0.29, 0.717) is 18.7 Å². The van der Waals surface area contributed by atoms with E-state index >= 15 is 0 Å². The average molecular weight is 284 g/mol. The number of hydrogen-bond donors (Lipinski definition) is 1. The minimum Gasteiger partial charge on any atom is -0.350 e. The monoisotopic (exact) mass is 284 g/mol. The molecular formula is C14H16N6O. The standard InChI is InChI=1S/C14H16N6O/c1-19-11-6-4-3-5-10(11)13(18-19)14(21)15-8-7-12-16-9-17-20(12)2/h3-6,9H,7-8H2,1-2H3,(H,15,21). The van der Waals surface area contributed by atoms with E-state index in [1.54, 1.807) is 9.36 Å². The van der Waals surface area contributed by atoms with Gasteiger partial charge in [0.05, 0.1) is 5.52 Å². The zero-order chi connectivity index (χ0) is 14.8. The lowest BCUT2D eigenvalue weighted by molar-refractivity contribution is 0.0949. The van der Waals surface area contributed by atoms with Gasteiger partial charge in [0.1, 0.15) is 12.2 Å². The fraction of sp³-hybridized carbons (Fsp3) is 0.286. The fourth-order valence-corrected chi connectivity index (χ4v) is 2.30. The topological polar surface area (TPSA) is 77.6 Å². The Labute approximate surface area is 121 Å². The smallest absolute Gasteiger partial charge is 0.272 e. The maximum Gasteiger partial charge on any atom is 0.272 e. The first-order valence-corrected chi connectivity index (χ1v) is 6.69. The van der Waals surface area contributed by atoms with Crippen molar-refractivity contribution in [2.75, 3.05) is 6.54 Å². The number of aryl methyl sites for hydroxylation is 2. The number of hydrogen-bond acceptors (Lipinski definition) is 4. The lowest BCUT2D eigenvalue weighted by Gasteiger charge is -2.03. The minimum atomic E-state index is -0.172. The Morgan fingerprint density at radius 3 is 2.81 bits per heavy atom. The van der Waals surface area contributed by atoms with Crippen LogP contribution in [0.4, 0.5) is 0 Å². The van der Waals surface area contributed by atoms with Gasteiger partial charge in [-0.2, -0.15) is 10.2 Å². The molecule has 0 bridgehead atoms. The van der Waals surface area contributed by atoms with Crippen LogP contribution in [-0.4, -0.2) is 37.0 Å². The molecule has 3 rings (SSSR count). The molecule has 0 aliphatic heterocycles. The number of benzene rings is 1. The van der Waals surface area contributed by atoms with Gasteiger partial charge in [-0.1, -0.05) is 18.2 Å². The van der Waals surface area contributed by atoms with E-state index in [2.05, 4.69) is 20.5 Å². The van der Waals surface area contributed by atoms with Crippen molar-refractivity contribution >= 4 is 16.8 Å². The van der Waals surface area contributed by atoms with Crippen LogP contribution in [-0.2, 0) is 20.5 Å². The molecular weight excluding hydrogens is 268 g/mol. The van der Waals surface area contributed by atoms with E-state index in [9.17, 15) is 4.79 Å². The quantitative estimate of drug-likeness (QED) is 0.764. The van der Waals surface area contributed by atoms with Crippen molar-refractivity contribution in [3.05, 3.63) is 42.1 Å². The molecule has 0 fully saturated rings. The molecule has 108 valence electrons. The van der Waals surface area contributed by atoms with Gasteiger partial charge in [-0.05, 0) is 6.07 Å². The summed E-state index contributed by atoms with van der Waals surface area (Å²) in [7, 11) is 3.66. The second-order valence-electron chi connectivity index (χ2n) is 4.80. The van der Waals surface area contributed by atoms with Crippen LogP contribution < -0.4 is 5.32 Å². The summed E-state index contributed by atoms with van der Waals surface area (Å²) < 4.78 is 3.41. The molecule has 2 aromatic heterocycles. The Hall–Kier alpha value is -2.70. The van der Waals surface area contributed by atoms with Gasteiger partial charge in [0.15, 0.2) is 5.69 Å². The second kappa shape index (κ2) is 5.35. The van der Waals surface area contributed by atoms with Crippen molar-refractivity contribution in [3.63, 3.8) is 0 Å². The highest BCUT2D eigenvalue weighted by molar-refractivity contribution is 6.04. The molecule has 1 N–H and O–H groups in total. The number of carbonyl (C=O) groups is 1. The van der Waals surface area contributed by atoms with Crippen molar-refractivity contribution in [1.82, 2.24) is 29.9 Å². The van der Waals surface area contributed by atoms with Crippen molar-refractivity contribution < 1.29 is 4.79 Å². The highest BCUT2D eigenvalue weighted by Gasteiger charge is 2.15. The maximum absolute atomic E-state index is 12.3. The molecule has 7 heteroatoms. The summed E-state index contributed by atoms with van der Waals surface area (Å²) in [5.74, 6) is 0.662. The largest absolute Gasteiger partial charge is 0.350 e. The molecule has 0 unspecified atom stereocenters. The van der Waals surface area contributed by atoms with E-state index in [4.69, 9.17) is 0 Å². The highest BCUT2D eigenvalue weighted by Crippen LogP contribution is 2.17. The first-order chi connectivity index (χ1) is 10.2. The first-order valence-electron chi connectivity index (χ1n) is 6.69. The number of nitrogens with zero attached hydrogens (tertiary/aromatic N) is 5. The van der Waals surface area contributed by atoms with E-state index in [0.717, 1.165) is 16.7 Å². The molecule has 21 heavy (non-hydrogen) atoms. The van der Waals surface area contributed by atoms with E-state index in [-0.39, 0.29) is 5.91 Å². The molecule has 1 aromatic carbocycles. The molecule has 0 saturated carbocycles. The van der Waals surface area contributed by atoms with Crippen LogP contribution in [0.1, 0.15) is 16.3 Å². The molecule has 0 aliphatic carbocycles. The van der Waals surface area contributed by atoms with Crippen molar-refractivity contribution in [1.29, 1.82) is 0 Å². The molecule has 1 amide bonds. The third-order valence-electron chi connectivity index (χ3n) is 3.41. The third kappa shape index (κ3) is 2.49. The Balaban J connectivity index is 1.71. The predicted octanol–water partition coefficient (Wildman–Crippen LogP) is 0.674. The van der Waals surface area contributed by atoms with Gasteiger partial charge >= 0.3 is 0 Å². The van der Waals surface area contributed by atoms with Crippen LogP contribution >= 0.6 is 0 Å². The number of para-hydroxylation sites is 1. The number of amides is 1. The Morgan fingerprint density at radius 1 is 1.24 bits per heavy atom. The molecule has 7 nitrogen and oxygen atoms in total. The number of fused-ring (bicyclic) bond motifs is 1. The van der Waals surface area contributed by atoms with Crippen LogP contribution in [0.5, 0.6) is 0 Å². The van der Waals surface area contributed by atoms with Gasteiger partial charge in [0.2, 0.25) is 0 Å². The molecule has 0 atom stereocenters. The van der Waals surface area contributed by atoms with Crippen molar-refractivity contribution in [2.24, 2.45) is 14.1 Å². The highest BCUT2D eigenvalue weighted by atomic mass is 16.1. The van der Waals surface area contributed by atoms with Gasteiger partial charge in [-0.15, -0.1) is 0 Å². The minimum absolute atomic E-state index is 0.172. The van der Waals surface area contributed by atoms with Crippen molar-refractivity contribution in [3.8, 4) is 0 Å². The second-order valence-corrected chi connectivity index (χ2v) is 4.80. The fourth-order valence-electron chi connectivity index (χ4n) is 2.30. The first kappa shape index (κ1) is 13.3. The summed E-state index contributed by atoms with van der Waals surface area (Å²) in [6.45, 7) is 0.496. The summed E-state index contributed by atoms with van der Waals surface area (Å²) >= 11 is 0. The summed E-state index contributed by atoms with van der Waals surface area (Å²) in [5, 5.41) is 12.0. The Morgan fingerprint density at radius 2 is 2.05 bits per heavy atom. The lowest BCUT2D eigenvalue weighted by atomic mass is 10.2. The van der Waals surface area contributed by atoms with Crippen LogP contribution in [0.15, 0.2) is 30.6 Å². The van der Waals surface area contributed by atoms with Gasteiger partial charge in [-0.25, -0.2) is 4.98 Å². The third-order valence-corrected chi connectivity index (χ3v) is 3.41. The summed E-state index contributed by atoms with van der Waals surface area (Å²) in [5.41, 5.74) is 1.39. The van der Waals surface area contributed by atoms with Crippen LogP contribution in [0.2, 0.25) is 0 Å². The normalized spacial score (nSPS) is 11.0. The van der Waals surface area contributed by atoms with Crippen molar-refractivity contribution in [2.45, 2.75) is 6.42 Å².